The number of halogens is 1. The molecule has 1 N–H and O–H groups in total. The summed E-state index contributed by atoms with van der Waals surface area (Å²) in [6, 6.07) is 15.6. The Kier molecular flexibility index (Phi) is 4.52. The lowest BCUT2D eigenvalue weighted by molar-refractivity contribution is 0.756. The molecule has 0 radical (unpaired) electrons. The second-order valence-electron chi connectivity index (χ2n) is 6.32. The van der Waals surface area contributed by atoms with Gasteiger partial charge in [0.15, 0.2) is 0 Å². The van der Waals surface area contributed by atoms with Crippen molar-refractivity contribution < 1.29 is 0 Å². The van der Waals surface area contributed by atoms with E-state index < -0.39 is 0 Å². The molecule has 0 aliphatic carbocycles. The average molecular weight is 404 g/mol. The van der Waals surface area contributed by atoms with Crippen LogP contribution in [-0.4, -0.2) is 10.2 Å². The maximum Gasteiger partial charge on any atom is 0.130 e. The number of nitrogens with one attached hydrogen (secondary N) is 1. The van der Waals surface area contributed by atoms with Crippen molar-refractivity contribution in [2.24, 2.45) is 0 Å². The van der Waals surface area contributed by atoms with Crippen LogP contribution in [0.1, 0.15) is 49.3 Å². The normalized spacial score (nSPS) is 13.0. The van der Waals surface area contributed by atoms with Crippen LogP contribution in [0.25, 0.3) is 10.9 Å². The maximum atomic E-state index is 4.27. The smallest absolute Gasteiger partial charge is 0.130 e. The van der Waals surface area contributed by atoms with E-state index in [0.29, 0.717) is 11.8 Å². The predicted molar refractivity (Wildman–Crippen MR) is 101 cm³/mol. The molecule has 0 fully saturated rings. The number of H-pyrrole nitrogens is 1. The molecule has 0 aliphatic heterocycles. The number of rotatable bonds is 4. The molecule has 2 nitrogen and oxygen atoms in total. The third-order valence-electron chi connectivity index (χ3n) is 4.27. The fourth-order valence-electron chi connectivity index (χ4n) is 2.86. The molecular formula is C19H21IN2. The first kappa shape index (κ1) is 15.5. The molecule has 1 aromatic heterocycles. The van der Waals surface area contributed by atoms with Crippen LogP contribution in [0.2, 0.25) is 0 Å². The Hall–Kier alpha value is -1.36. The molecule has 1 atom stereocenters. The minimum Gasteiger partial charge on any atom is -0.277 e. The van der Waals surface area contributed by atoms with Crippen LogP contribution in [0.4, 0.5) is 0 Å². The first-order valence-electron chi connectivity index (χ1n) is 7.77. The van der Waals surface area contributed by atoms with Crippen LogP contribution in [0, 0.1) is 3.70 Å². The maximum absolute atomic E-state index is 4.27. The summed E-state index contributed by atoms with van der Waals surface area (Å²) in [4.78, 5) is 0. The van der Waals surface area contributed by atoms with Gasteiger partial charge in [-0.1, -0.05) is 51.1 Å². The van der Waals surface area contributed by atoms with Crippen LogP contribution in [-0.2, 0) is 6.42 Å². The standard InChI is InChI=1S/C19H21IN2/c1-12(2)15-6-4-5-14(10-15)9-13(3)16-7-8-18-17(11-16)19(20)22-21-18/h4-8,10-13H,9H2,1-3H3,(H,21,22). The quantitative estimate of drug-likeness (QED) is 0.561. The number of aromatic amines is 1. The Balaban J connectivity index is 1.84. The van der Waals surface area contributed by atoms with Crippen molar-refractivity contribution in [2.45, 2.75) is 39.0 Å². The monoisotopic (exact) mass is 404 g/mol. The van der Waals surface area contributed by atoms with Gasteiger partial charge >= 0.3 is 0 Å². The molecule has 0 saturated heterocycles. The van der Waals surface area contributed by atoms with E-state index in [2.05, 4.69) is 96.0 Å². The Labute approximate surface area is 145 Å². The lowest BCUT2D eigenvalue weighted by atomic mass is 9.91. The zero-order chi connectivity index (χ0) is 15.7. The van der Waals surface area contributed by atoms with Gasteiger partial charge in [0.2, 0.25) is 0 Å². The van der Waals surface area contributed by atoms with Crippen LogP contribution >= 0.6 is 22.6 Å². The number of benzene rings is 2. The molecule has 0 bridgehead atoms. The zero-order valence-electron chi connectivity index (χ0n) is 13.2. The lowest BCUT2D eigenvalue weighted by Gasteiger charge is -2.14. The fourth-order valence-corrected chi connectivity index (χ4v) is 3.42. The first-order valence-corrected chi connectivity index (χ1v) is 8.85. The van der Waals surface area contributed by atoms with E-state index in [-0.39, 0.29) is 0 Å². The van der Waals surface area contributed by atoms with Gasteiger partial charge in [-0.2, -0.15) is 5.10 Å². The highest BCUT2D eigenvalue weighted by Gasteiger charge is 2.11. The van der Waals surface area contributed by atoms with Crippen molar-refractivity contribution in [3.63, 3.8) is 0 Å². The summed E-state index contributed by atoms with van der Waals surface area (Å²) in [5.74, 6) is 1.08. The van der Waals surface area contributed by atoms with E-state index in [9.17, 15) is 0 Å². The molecule has 1 heterocycles. The van der Waals surface area contributed by atoms with E-state index in [1.807, 2.05) is 0 Å². The van der Waals surface area contributed by atoms with Gasteiger partial charge in [-0.05, 0) is 69.7 Å². The molecule has 114 valence electrons. The van der Waals surface area contributed by atoms with Gasteiger partial charge in [-0.25, -0.2) is 0 Å². The van der Waals surface area contributed by atoms with E-state index in [1.54, 1.807) is 0 Å². The SMILES string of the molecule is CC(C)c1cccc(CC(C)c2ccc3[nH]nc(I)c3c2)c1. The van der Waals surface area contributed by atoms with E-state index in [0.717, 1.165) is 15.6 Å². The lowest BCUT2D eigenvalue weighted by Crippen LogP contribution is -1.99. The van der Waals surface area contributed by atoms with Gasteiger partial charge in [0, 0.05) is 5.39 Å². The summed E-state index contributed by atoms with van der Waals surface area (Å²) < 4.78 is 1.04. The van der Waals surface area contributed by atoms with E-state index in [4.69, 9.17) is 0 Å². The second-order valence-corrected chi connectivity index (χ2v) is 7.35. The van der Waals surface area contributed by atoms with Gasteiger partial charge in [0.1, 0.15) is 3.70 Å². The average Bonchev–Trinajstić information content (AvgIpc) is 2.88. The van der Waals surface area contributed by atoms with Gasteiger partial charge in [-0.15, -0.1) is 0 Å². The van der Waals surface area contributed by atoms with Gasteiger partial charge < -0.3 is 0 Å². The third kappa shape index (κ3) is 3.19. The summed E-state index contributed by atoms with van der Waals surface area (Å²) in [5, 5.41) is 8.56. The van der Waals surface area contributed by atoms with Crippen LogP contribution in [0.5, 0.6) is 0 Å². The molecule has 0 spiro atoms. The highest BCUT2D eigenvalue weighted by Crippen LogP contribution is 2.27. The van der Waals surface area contributed by atoms with Crippen molar-refractivity contribution in [3.05, 3.63) is 62.9 Å². The number of nitrogens with zero attached hydrogens (tertiary/aromatic N) is 1. The Morgan fingerprint density at radius 1 is 1.05 bits per heavy atom. The molecule has 22 heavy (non-hydrogen) atoms. The minimum atomic E-state index is 0.498. The predicted octanol–water partition coefficient (Wildman–Crippen LogP) is 5.64. The first-order chi connectivity index (χ1) is 10.5. The molecule has 0 amide bonds. The summed E-state index contributed by atoms with van der Waals surface area (Å²) in [6.07, 6.45) is 1.07. The van der Waals surface area contributed by atoms with Gasteiger partial charge in [-0.3, -0.25) is 5.10 Å². The van der Waals surface area contributed by atoms with E-state index >= 15 is 0 Å². The van der Waals surface area contributed by atoms with Crippen molar-refractivity contribution in [2.75, 3.05) is 0 Å². The molecule has 3 aromatic rings. The minimum absolute atomic E-state index is 0.498. The fraction of sp³-hybridized carbons (Fsp3) is 0.316. The van der Waals surface area contributed by atoms with Crippen LogP contribution in [0.15, 0.2) is 42.5 Å². The van der Waals surface area contributed by atoms with Crippen molar-refractivity contribution >= 4 is 33.5 Å². The highest BCUT2D eigenvalue weighted by molar-refractivity contribution is 14.1. The molecule has 0 aliphatic rings. The molecule has 2 aromatic carbocycles. The number of hydrogen-bond acceptors (Lipinski definition) is 1. The molecule has 3 heteroatoms. The van der Waals surface area contributed by atoms with Crippen LogP contribution < -0.4 is 0 Å². The van der Waals surface area contributed by atoms with Crippen molar-refractivity contribution in [1.29, 1.82) is 0 Å². The number of hydrogen-bond donors (Lipinski definition) is 1. The van der Waals surface area contributed by atoms with Gasteiger partial charge in [0.25, 0.3) is 0 Å². The molecule has 1 unspecified atom stereocenters. The largest absolute Gasteiger partial charge is 0.277 e. The van der Waals surface area contributed by atoms with E-state index in [1.165, 1.54) is 22.1 Å². The summed E-state index contributed by atoms with van der Waals surface area (Å²) in [7, 11) is 0. The Morgan fingerprint density at radius 2 is 1.86 bits per heavy atom. The Morgan fingerprint density at radius 3 is 2.64 bits per heavy atom. The molecule has 0 saturated carbocycles. The molecular weight excluding hydrogens is 383 g/mol. The summed E-state index contributed by atoms with van der Waals surface area (Å²) >= 11 is 2.29. The molecule has 3 rings (SSSR count). The Bertz CT molecular complexity index is 789. The highest BCUT2D eigenvalue weighted by atomic mass is 127. The number of aromatic nitrogens is 2. The van der Waals surface area contributed by atoms with Crippen molar-refractivity contribution in [1.82, 2.24) is 10.2 Å². The third-order valence-corrected chi connectivity index (χ3v) is 5.09. The zero-order valence-corrected chi connectivity index (χ0v) is 15.4. The van der Waals surface area contributed by atoms with Crippen molar-refractivity contribution in [3.8, 4) is 0 Å². The van der Waals surface area contributed by atoms with Gasteiger partial charge in [0.05, 0.1) is 5.52 Å². The summed E-state index contributed by atoms with van der Waals surface area (Å²) in [6.45, 7) is 6.80. The number of fused-ring (bicyclic) bond motifs is 1. The second kappa shape index (κ2) is 6.41. The van der Waals surface area contributed by atoms with Crippen LogP contribution in [0.3, 0.4) is 0 Å². The topological polar surface area (TPSA) is 28.7 Å². The summed E-state index contributed by atoms with van der Waals surface area (Å²) in [5.41, 5.74) is 5.33.